The fourth-order valence-electron chi connectivity index (χ4n) is 7.69. The third-order valence-electron chi connectivity index (χ3n) is 11.0. The van der Waals surface area contributed by atoms with Gasteiger partial charge in [-0.15, -0.1) is 0 Å². The molecule has 10 N–H and O–H groups in total. The van der Waals surface area contributed by atoms with Crippen LogP contribution in [0.1, 0.15) is 51.7 Å². The van der Waals surface area contributed by atoms with E-state index >= 15 is 0 Å². The second-order valence-electron chi connectivity index (χ2n) is 17.1. The van der Waals surface area contributed by atoms with Crippen molar-refractivity contribution in [3.63, 3.8) is 0 Å². The highest BCUT2D eigenvalue weighted by molar-refractivity contribution is 5.96. The number of hydrogen-bond acceptors (Lipinski definition) is 9. The Labute approximate surface area is 359 Å². The van der Waals surface area contributed by atoms with Gasteiger partial charge >= 0.3 is 0 Å². The fraction of sp³-hybridized carbons (Fsp3) is 0.477. The lowest BCUT2D eigenvalue weighted by Crippen LogP contribution is -2.69. The van der Waals surface area contributed by atoms with Gasteiger partial charge in [-0.05, 0) is 47.9 Å². The third kappa shape index (κ3) is 12.0. The molecule has 18 heteroatoms. The number of ether oxygens (including phenoxy) is 1. The van der Waals surface area contributed by atoms with Gasteiger partial charge in [0.05, 0.1) is 38.4 Å². The minimum absolute atomic E-state index is 0.0340. The minimum atomic E-state index is -0.893. The quantitative estimate of drug-likeness (QED) is 0.116. The molecule has 4 aromatic rings. The molecule has 2 aromatic carbocycles. The summed E-state index contributed by atoms with van der Waals surface area (Å²) in [5.41, 5.74) is 3.22. The monoisotopic (exact) mass is 854 g/mol. The Kier molecular flexibility index (Phi) is 15.0. The number of H-pyrrole nitrogens is 2. The van der Waals surface area contributed by atoms with E-state index in [1.165, 1.54) is 0 Å². The minimum Gasteiger partial charge on any atom is -0.377 e. The van der Waals surface area contributed by atoms with Gasteiger partial charge in [-0.25, -0.2) is 0 Å². The van der Waals surface area contributed by atoms with Crippen molar-refractivity contribution >= 4 is 63.2 Å². The molecule has 332 valence electrons. The van der Waals surface area contributed by atoms with E-state index < -0.39 is 53.3 Å². The Morgan fingerprint density at radius 2 is 1.02 bits per heavy atom. The van der Waals surface area contributed by atoms with Crippen molar-refractivity contribution in [3.8, 4) is 0 Å². The number of aromatic amines is 2. The molecule has 3 aliphatic rings. The molecule has 2 aromatic heterocycles. The number of hydrogen-bond donors (Lipinski definition) is 10. The topological polar surface area (TPSA) is 257 Å². The van der Waals surface area contributed by atoms with Crippen molar-refractivity contribution in [2.75, 3.05) is 39.4 Å². The van der Waals surface area contributed by atoms with E-state index in [-0.39, 0.29) is 55.6 Å². The predicted molar refractivity (Wildman–Crippen MR) is 231 cm³/mol. The van der Waals surface area contributed by atoms with Crippen LogP contribution in [0.15, 0.2) is 60.9 Å². The predicted octanol–water partition coefficient (Wildman–Crippen LogP) is 0.187. The first-order valence-electron chi connectivity index (χ1n) is 21.1. The Hall–Kier alpha value is -6.27. The molecule has 62 heavy (non-hydrogen) atoms. The summed E-state index contributed by atoms with van der Waals surface area (Å²) in [4.78, 5) is 94.9. The second-order valence-corrected chi connectivity index (χ2v) is 17.1. The van der Waals surface area contributed by atoms with Crippen molar-refractivity contribution in [1.82, 2.24) is 52.5 Å². The van der Waals surface area contributed by atoms with Crippen molar-refractivity contribution < 1.29 is 38.3 Å². The molecule has 3 aliphatic heterocycles. The van der Waals surface area contributed by atoms with Crippen LogP contribution in [-0.2, 0) is 51.1 Å². The highest BCUT2D eigenvalue weighted by atomic mass is 16.5. The summed E-state index contributed by atoms with van der Waals surface area (Å²) in [6, 6.07) is 12.3. The molecule has 0 saturated carbocycles. The van der Waals surface area contributed by atoms with Crippen LogP contribution in [0, 0.1) is 11.8 Å². The van der Waals surface area contributed by atoms with Gasteiger partial charge in [-0.3, -0.25) is 38.9 Å². The van der Waals surface area contributed by atoms with Crippen LogP contribution in [0.4, 0.5) is 0 Å². The lowest BCUT2D eigenvalue weighted by atomic mass is 9.96. The van der Waals surface area contributed by atoms with E-state index in [0.717, 1.165) is 32.9 Å². The molecule has 7 amide bonds. The maximum Gasteiger partial charge on any atom is 0.243 e. The van der Waals surface area contributed by atoms with Crippen molar-refractivity contribution in [2.45, 2.75) is 83.1 Å². The summed E-state index contributed by atoms with van der Waals surface area (Å²) in [6.07, 6.45) is 5.13. The first-order chi connectivity index (χ1) is 29.7. The number of benzene rings is 2. The Morgan fingerprint density at radius 1 is 0.548 bits per heavy atom. The molecule has 5 heterocycles. The molecule has 4 atom stereocenters. The van der Waals surface area contributed by atoms with Crippen LogP contribution in [-0.4, -0.2) is 120 Å². The highest BCUT2D eigenvalue weighted by Gasteiger charge is 2.40. The van der Waals surface area contributed by atoms with Crippen molar-refractivity contribution in [3.05, 3.63) is 72.1 Å². The first kappa shape index (κ1) is 45.3. The van der Waals surface area contributed by atoms with Crippen LogP contribution in [0.5, 0.6) is 0 Å². The summed E-state index contributed by atoms with van der Waals surface area (Å²) in [5, 5.41) is 24.3. The summed E-state index contributed by atoms with van der Waals surface area (Å²) in [5.74, 6) is -2.33. The van der Waals surface area contributed by atoms with Gasteiger partial charge in [-0.2, -0.15) is 0 Å². The zero-order valence-electron chi connectivity index (χ0n) is 35.6. The molecule has 18 nitrogen and oxygen atoms in total. The van der Waals surface area contributed by atoms with Crippen LogP contribution < -0.4 is 42.5 Å². The summed E-state index contributed by atoms with van der Waals surface area (Å²) >= 11 is 0. The van der Waals surface area contributed by atoms with E-state index in [4.69, 9.17) is 4.74 Å². The van der Waals surface area contributed by atoms with Crippen molar-refractivity contribution in [2.24, 2.45) is 11.8 Å². The third-order valence-corrected chi connectivity index (χ3v) is 11.0. The SMILES string of the molecule is CC(C)C[C@@H]1NC(=O)[C@H](Cc2c[nH]c3ccccc23)NC(=O)CNC(=O)CNC1=O.CC(C)C[C@@H]1NC(=O)[C@H](Cc2c[nH]c3ccccc23)NC(=O)CNC2(CNC1=O)COC2. The van der Waals surface area contributed by atoms with Crippen LogP contribution in [0.3, 0.4) is 0 Å². The number of amides is 7. The lowest BCUT2D eigenvalue weighted by molar-refractivity contribution is -0.134. The molecule has 0 aliphatic carbocycles. The normalized spacial score (nSPS) is 22.8. The first-order valence-corrected chi connectivity index (χ1v) is 21.1. The summed E-state index contributed by atoms with van der Waals surface area (Å²) < 4.78 is 5.33. The zero-order chi connectivity index (χ0) is 44.4. The second kappa shape index (κ2) is 20.5. The van der Waals surface area contributed by atoms with E-state index in [0.29, 0.717) is 39.0 Å². The number of nitrogens with one attached hydrogen (secondary N) is 10. The number of rotatable bonds is 8. The molecule has 0 unspecified atom stereocenters. The van der Waals surface area contributed by atoms with E-state index in [2.05, 4.69) is 52.5 Å². The van der Waals surface area contributed by atoms with E-state index in [1.54, 1.807) is 6.20 Å². The molecular weight excluding hydrogens is 797 g/mol. The number of fused-ring (bicyclic) bond motifs is 2. The van der Waals surface area contributed by atoms with Gasteiger partial charge in [0.1, 0.15) is 24.2 Å². The largest absolute Gasteiger partial charge is 0.377 e. The average molecular weight is 855 g/mol. The molecule has 7 rings (SSSR count). The molecule has 1 spiro atoms. The van der Waals surface area contributed by atoms with Gasteiger partial charge in [0, 0.05) is 53.6 Å². The van der Waals surface area contributed by atoms with Crippen molar-refractivity contribution in [1.29, 1.82) is 0 Å². The number of carbonyl (C=O) groups is 7. The summed E-state index contributed by atoms with van der Waals surface area (Å²) in [7, 11) is 0. The Balaban J connectivity index is 0.000000207. The van der Waals surface area contributed by atoms with Crippen LogP contribution >= 0.6 is 0 Å². The van der Waals surface area contributed by atoms with Gasteiger partial charge < -0.3 is 51.9 Å². The molecule has 0 bridgehead atoms. The number of para-hydroxylation sites is 2. The Bertz CT molecular complexity index is 2260. The van der Waals surface area contributed by atoms with Crippen LogP contribution in [0.25, 0.3) is 21.8 Å². The van der Waals surface area contributed by atoms with Gasteiger partial charge in [0.2, 0.25) is 41.4 Å². The highest BCUT2D eigenvalue weighted by Crippen LogP contribution is 2.22. The standard InChI is InChI=1S/C23H31N5O4.C21H27N5O4/c1-14(2)7-18-21(30)25-11-23(12-32-13-23)26-10-20(29)27-19(22(31)28-18)8-15-9-24-17-6-4-3-5-16(15)17;1-12(2)7-16-20(29)24-10-18(27)23-11-19(28)25-17(21(30)26-16)8-13-9-22-15-6-4-3-5-14(13)15/h3-6,9,14,18-19,24,26H,7-8,10-13H2,1-2H3,(H,25,30)(H,27,29)(H,28,31);3-6,9,12,16-17,22H,7-8,10-11H2,1-2H3,(H,23,27)(H,24,29)(H,25,28)(H,26,30)/t18-,19-;16-,17-/m00/s1. The number of aromatic nitrogens is 2. The average Bonchev–Trinajstić information content (AvgIpc) is 3.83. The van der Waals surface area contributed by atoms with Gasteiger partial charge in [0.25, 0.3) is 0 Å². The maximum atomic E-state index is 13.2. The van der Waals surface area contributed by atoms with E-state index in [9.17, 15) is 33.6 Å². The molecular formula is C44H58N10O8. The van der Waals surface area contributed by atoms with Gasteiger partial charge in [0.15, 0.2) is 0 Å². The summed E-state index contributed by atoms with van der Waals surface area (Å²) in [6.45, 7) is 8.56. The van der Waals surface area contributed by atoms with E-state index in [1.807, 2.05) is 82.4 Å². The van der Waals surface area contributed by atoms with Gasteiger partial charge in [-0.1, -0.05) is 64.1 Å². The Morgan fingerprint density at radius 3 is 1.50 bits per heavy atom. The smallest absolute Gasteiger partial charge is 0.243 e. The molecule has 0 radical (unpaired) electrons. The molecule has 3 saturated heterocycles. The fourth-order valence-corrected chi connectivity index (χ4v) is 7.69. The van der Waals surface area contributed by atoms with Crippen LogP contribution in [0.2, 0.25) is 0 Å². The number of carbonyl (C=O) groups excluding carboxylic acids is 7. The lowest BCUT2D eigenvalue weighted by Gasteiger charge is -2.42. The maximum absolute atomic E-state index is 13.2. The zero-order valence-corrected chi connectivity index (χ0v) is 35.6. The molecule has 3 fully saturated rings.